The van der Waals surface area contributed by atoms with Crippen molar-refractivity contribution in [3.05, 3.63) is 34.9 Å². The predicted octanol–water partition coefficient (Wildman–Crippen LogP) is 3.04. The number of hydrogen-bond donors (Lipinski definition) is 1. The molecule has 3 rings (SSSR count). The first kappa shape index (κ1) is 20.4. The molecule has 0 aromatic heterocycles. The Morgan fingerprint density at radius 1 is 1.11 bits per heavy atom. The molecule has 2 aliphatic heterocycles. The first-order chi connectivity index (χ1) is 12.6. The van der Waals surface area contributed by atoms with Crippen LogP contribution in [0.15, 0.2) is 24.3 Å². The van der Waals surface area contributed by atoms with Gasteiger partial charge in [0.25, 0.3) is 0 Å². The molecule has 1 aromatic carbocycles. The first-order valence-corrected chi connectivity index (χ1v) is 11.3. The number of carbonyl (C=O) groups is 1. The van der Waals surface area contributed by atoms with E-state index in [2.05, 4.69) is 5.32 Å². The molecule has 0 atom stereocenters. The summed E-state index contributed by atoms with van der Waals surface area (Å²) >= 11 is 5.94. The highest BCUT2D eigenvalue weighted by atomic mass is 35.5. The van der Waals surface area contributed by atoms with Gasteiger partial charge in [-0.3, -0.25) is 0 Å². The highest BCUT2D eigenvalue weighted by Crippen LogP contribution is 2.31. The van der Waals surface area contributed by atoms with E-state index in [0.717, 1.165) is 12.8 Å². The monoisotopic (exact) mass is 413 g/mol. The second-order valence-corrected chi connectivity index (χ2v) is 11.1. The van der Waals surface area contributed by atoms with Gasteiger partial charge in [-0.15, -0.1) is 0 Å². The number of urea groups is 1. The van der Waals surface area contributed by atoms with Crippen LogP contribution < -0.4 is 5.32 Å². The van der Waals surface area contributed by atoms with E-state index >= 15 is 0 Å². The molecule has 6 nitrogen and oxygen atoms in total. The fourth-order valence-corrected chi connectivity index (χ4v) is 5.59. The van der Waals surface area contributed by atoms with Crippen molar-refractivity contribution in [2.24, 2.45) is 0 Å². The molecule has 0 aliphatic carbocycles. The fraction of sp³-hybridized carbons (Fsp3) is 0.632. The zero-order chi connectivity index (χ0) is 19.8. The molecule has 2 heterocycles. The van der Waals surface area contributed by atoms with Crippen LogP contribution in [0.2, 0.25) is 5.02 Å². The van der Waals surface area contributed by atoms with E-state index in [0.29, 0.717) is 24.0 Å². The molecule has 0 unspecified atom stereocenters. The van der Waals surface area contributed by atoms with Crippen molar-refractivity contribution >= 4 is 27.7 Å². The smallest absolute Gasteiger partial charge is 0.317 e. The Balaban J connectivity index is 1.52. The number of amides is 2. The molecule has 0 spiro atoms. The summed E-state index contributed by atoms with van der Waals surface area (Å²) in [5.41, 5.74) is 0.884. The lowest BCUT2D eigenvalue weighted by Gasteiger charge is -2.43. The molecule has 150 valence electrons. The van der Waals surface area contributed by atoms with E-state index in [1.54, 1.807) is 9.21 Å². The maximum Gasteiger partial charge on any atom is 0.317 e. The predicted molar refractivity (Wildman–Crippen MR) is 108 cm³/mol. The average Bonchev–Trinajstić information content (AvgIpc) is 2.52. The minimum absolute atomic E-state index is 0.199. The molecule has 2 saturated heterocycles. The Hall–Kier alpha value is -1.31. The van der Waals surface area contributed by atoms with Gasteiger partial charge in [0.1, 0.15) is 5.25 Å². The van der Waals surface area contributed by atoms with Crippen molar-refractivity contribution in [3.63, 3.8) is 0 Å². The van der Waals surface area contributed by atoms with Gasteiger partial charge in [0, 0.05) is 36.7 Å². The maximum absolute atomic E-state index is 12.9. The second-order valence-electron chi connectivity index (χ2n) is 8.48. The lowest BCUT2D eigenvalue weighted by Crippen LogP contribution is -2.63. The third-order valence-corrected chi connectivity index (χ3v) is 7.67. The number of nitrogens with one attached hydrogen (secondary N) is 1. The molecule has 1 aromatic rings. The summed E-state index contributed by atoms with van der Waals surface area (Å²) in [6.07, 6.45) is 1.61. The van der Waals surface area contributed by atoms with Crippen molar-refractivity contribution in [3.8, 4) is 0 Å². The highest BCUT2D eigenvalue weighted by molar-refractivity contribution is 7.89. The summed E-state index contributed by atoms with van der Waals surface area (Å²) in [5, 5.41) is 3.09. The van der Waals surface area contributed by atoms with Gasteiger partial charge in [-0.25, -0.2) is 17.5 Å². The van der Waals surface area contributed by atoms with Crippen LogP contribution in [-0.4, -0.2) is 60.6 Å². The van der Waals surface area contributed by atoms with Crippen LogP contribution in [0.5, 0.6) is 0 Å². The molecule has 27 heavy (non-hydrogen) atoms. The molecule has 0 saturated carbocycles. The summed E-state index contributed by atoms with van der Waals surface area (Å²) in [7, 11) is -3.36. The van der Waals surface area contributed by atoms with Crippen molar-refractivity contribution in [2.45, 2.75) is 50.3 Å². The highest BCUT2D eigenvalue weighted by Gasteiger charge is 2.44. The lowest BCUT2D eigenvalue weighted by molar-refractivity contribution is 0.158. The van der Waals surface area contributed by atoms with E-state index < -0.39 is 15.3 Å². The van der Waals surface area contributed by atoms with Gasteiger partial charge in [-0.05, 0) is 57.2 Å². The minimum Gasteiger partial charge on any atom is -0.333 e. The van der Waals surface area contributed by atoms with E-state index in [9.17, 15) is 13.2 Å². The molecule has 2 fully saturated rings. The number of carbonyl (C=O) groups excluding carboxylic acids is 1. The Bertz CT molecular complexity index is 775. The number of halogens is 1. The minimum atomic E-state index is -3.36. The van der Waals surface area contributed by atoms with Crippen molar-refractivity contribution < 1.29 is 13.2 Å². The molecular formula is C19H28ClN3O3S. The standard InChI is InChI=1S/C19H28ClN3O3S/c1-19(2,3)21-18(24)22-12-17(13-22)27(25,26)23-10-8-15(9-11-23)14-4-6-16(20)7-5-14/h4-7,15,17H,8-13H2,1-3H3,(H,21,24). The van der Waals surface area contributed by atoms with Crippen LogP contribution in [0.25, 0.3) is 0 Å². The second kappa shape index (κ2) is 7.60. The average molecular weight is 414 g/mol. The zero-order valence-electron chi connectivity index (χ0n) is 16.1. The molecule has 8 heteroatoms. The number of likely N-dealkylation sites (tertiary alicyclic amines) is 1. The summed E-state index contributed by atoms with van der Waals surface area (Å²) in [4.78, 5) is 13.7. The van der Waals surface area contributed by atoms with Crippen LogP contribution >= 0.6 is 11.6 Å². The van der Waals surface area contributed by atoms with E-state index in [-0.39, 0.29) is 24.7 Å². The zero-order valence-corrected chi connectivity index (χ0v) is 17.7. The topological polar surface area (TPSA) is 69.7 Å². The summed E-state index contributed by atoms with van der Waals surface area (Å²) < 4.78 is 27.3. The molecule has 0 bridgehead atoms. The number of piperidine rings is 1. The fourth-order valence-electron chi connectivity index (χ4n) is 3.58. The molecular weight excluding hydrogens is 386 g/mol. The Kier molecular flexibility index (Phi) is 5.75. The van der Waals surface area contributed by atoms with E-state index in [1.807, 2.05) is 45.0 Å². The molecule has 1 N–H and O–H groups in total. The van der Waals surface area contributed by atoms with Gasteiger partial charge in [-0.2, -0.15) is 0 Å². The van der Waals surface area contributed by atoms with Gasteiger partial charge in [0.15, 0.2) is 0 Å². The largest absolute Gasteiger partial charge is 0.333 e. The van der Waals surface area contributed by atoms with Crippen LogP contribution in [0.3, 0.4) is 0 Å². The van der Waals surface area contributed by atoms with E-state index in [4.69, 9.17) is 11.6 Å². The molecule has 2 aliphatic rings. The number of sulfonamides is 1. The number of hydrogen-bond acceptors (Lipinski definition) is 3. The lowest BCUT2D eigenvalue weighted by atomic mass is 9.90. The summed E-state index contributed by atoms with van der Waals surface area (Å²) in [6.45, 7) is 7.31. The number of rotatable bonds is 3. The molecule has 2 amide bonds. The van der Waals surface area contributed by atoms with Crippen molar-refractivity contribution in [2.75, 3.05) is 26.2 Å². The van der Waals surface area contributed by atoms with Gasteiger partial charge in [0.05, 0.1) is 0 Å². The summed E-state index contributed by atoms with van der Waals surface area (Å²) in [6, 6.07) is 7.61. The van der Waals surface area contributed by atoms with E-state index in [1.165, 1.54) is 5.56 Å². The van der Waals surface area contributed by atoms with Gasteiger partial charge in [-0.1, -0.05) is 23.7 Å². The summed E-state index contributed by atoms with van der Waals surface area (Å²) in [5.74, 6) is 0.365. The Morgan fingerprint density at radius 3 is 2.19 bits per heavy atom. The number of nitrogens with zero attached hydrogens (tertiary/aromatic N) is 2. The quantitative estimate of drug-likeness (QED) is 0.827. The van der Waals surface area contributed by atoms with Crippen molar-refractivity contribution in [1.29, 1.82) is 0 Å². The van der Waals surface area contributed by atoms with Gasteiger partial charge >= 0.3 is 6.03 Å². The van der Waals surface area contributed by atoms with Gasteiger partial charge in [0.2, 0.25) is 10.0 Å². The number of benzene rings is 1. The van der Waals surface area contributed by atoms with Gasteiger partial charge < -0.3 is 10.2 Å². The third-order valence-electron chi connectivity index (χ3n) is 5.19. The van der Waals surface area contributed by atoms with Crippen LogP contribution in [0.4, 0.5) is 4.79 Å². The maximum atomic E-state index is 12.9. The van der Waals surface area contributed by atoms with Crippen LogP contribution in [0.1, 0.15) is 45.1 Å². The van der Waals surface area contributed by atoms with Crippen molar-refractivity contribution in [1.82, 2.24) is 14.5 Å². The van der Waals surface area contributed by atoms with Crippen LogP contribution in [-0.2, 0) is 10.0 Å². The SMILES string of the molecule is CC(C)(C)NC(=O)N1CC(S(=O)(=O)N2CCC(c3ccc(Cl)cc3)CC2)C1. The molecule has 0 radical (unpaired) electrons. The Morgan fingerprint density at radius 2 is 1.67 bits per heavy atom. The van der Waals surface area contributed by atoms with Crippen LogP contribution in [0, 0.1) is 0 Å². The normalized spacial score (nSPS) is 20.4. The third kappa shape index (κ3) is 4.76. The Labute approximate surface area is 166 Å². The first-order valence-electron chi connectivity index (χ1n) is 9.38.